The van der Waals surface area contributed by atoms with E-state index in [1.807, 2.05) is 39.3 Å². The molecule has 2 rings (SSSR count). The molecular weight excluding hydrogens is 296 g/mol. The third-order valence-electron chi connectivity index (χ3n) is 2.81. The largest absolute Gasteiger partial charge is 0.319 e. The molecule has 0 unspecified atom stereocenters. The van der Waals surface area contributed by atoms with Gasteiger partial charge in [0.1, 0.15) is 5.15 Å². The van der Waals surface area contributed by atoms with Crippen LogP contribution in [-0.2, 0) is 13.0 Å². The van der Waals surface area contributed by atoms with Crippen LogP contribution in [0.25, 0.3) is 0 Å². The molecule has 0 radical (unpaired) electrons. The van der Waals surface area contributed by atoms with Gasteiger partial charge in [-0.2, -0.15) is 0 Å². The third-order valence-corrected chi connectivity index (χ3v) is 3.03. The standard InChI is InChI=1S/C9H14N2.C7H9ClN2.CH4/c1-8-3-4-9(7-11-8)5-6-10-2;1-9-4-6-2-3-7(8)10-5-6;/h3-4,7,10H,5-6H2,1-2H3;2-3,5,9H,4H2,1H3;1H4. The summed E-state index contributed by atoms with van der Waals surface area (Å²) < 4.78 is 0. The normalized spacial score (nSPS) is 9.45. The van der Waals surface area contributed by atoms with Crippen molar-refractivity contribution in [3.8, 4) is 0 Å². The van der Waals surface area contributed by atoms with Crippen LogP contribution in [0.15, 0.2) is 36.7 Å². The van der Waals surface area contributed by atoms with E-state index in [1.165, 1.54) is 5.56 Å². The van der Waals surface area contributed by atoms with Crippen molar-refractivity contribution >= 4 is 11.6 Å². The molecular formula is C17H27ClN4. The van der Waals surface area contributed by atoms with Crippen LogP contribution in [0, 0.1) is 6.92 Å². The Kier molecular flexibility index (Phi) is 11.3. The van der Waals surface area contributed by atoms with Crippen LogP contribution < -0.4 is 10.6 Å². The highest BCUT2D eigenvalue weighted by Gasteiger charge is 1.91. The molecule has 0 aromatic carbocycles. The van der Waals surface area contributed by atoms with Crippen LogP contribution >= 0.6 is 11.6 Å². The highest BCUT2D eigenvalue weighted by molar-refractivity contribution is 6.29. The zero-order valence-corrected chi connectivity index (χ0v) is 13.6. The summed E-state index contributed by atoms with van der Waals surface area (Å²) in [5.41, 5.74) is 3.52. The fourth-order valence-corrected chi connectivity index (χ4v) is 1.74. The second-order valence-corrected chi connectivity index (χ2v) is 5.07. The number of nitrogens with one attached hydrogen (secondary N) is 2. The van der Waals surface area contributed by atoms with Gasteiger partial charge in [0.05, 0.1) is 0 Å². The number of halogens is 1. The van der Waals surface area contributed by atoms with Gasteiger partial charge in [0.25, 0.3) is 0 Å². The molecule has 2 aromatic heterocycles. The van der Waals surface area contributed by atoms with Crippen LogP contribution in [0.5, 0.6) is 0 Å². The van der Waals surface area contributed by atoms with E-state index in [1.54, 1.807) is 12.3 Å². The van der Waals surface area contributed by atoms with Crippen molar-refractivity contribution < 1.29 is 0 Å². The molecule has 2 aromatic rings. The lowest BCUT2D eigenvalue weighted by Gasteiger charge is -1.99. The van der Waals surface area contributed by atoms with Gasteiger partial charge in [0, 0.05) is 24.6 Å². The van der Waals surface area contributed by atoms with Crippen LogP contribution in [0.3, 0.4) is 0 Å². The first-order chi connectivity index (χ1) is 10.2. The number of likely N-dealkylation sites (N-methyl/N-ethyl adjacent to an activating group) is 1. The minimum atomic E-state index is 0. The number of hydrogen-bond acceptors (Lipinski definition) is 4. The van der Waals surface area contributed by atoms with Crippen LogP contribution in [0.2, 0.25) is 5.15 Å². The highest BCUT2D eigenvalue weighted by Crippen LogP contribution is 2.04. The van der Waals surface area contributed by atoms with Crippen molar-refractivity contribution in [1.29, 1.82) is 0 Å². The maximum Gasteiger partial charge on any atom is 0.129 e. The van der Waals surface area contributed by atoms with Gasteiger partial charge >= 0.3 is 0 Å². The minimum Gasteiger partial charge on any atom is -0.319 e. The Morgan fingerprint density at radius 1 is 0.955 bits per heavy atom. The lowest BCUT2D eigenvalue weighted by molar-refractivity contribution is 0.788. The SMILES string of the molecule is C.CNCCc1ccc(C)nc1.CNCc1ccc(Cl)nc1. The molecule has 122 valence electrons. The summed E-state index contributed by atoms with van der Waals surface area (Å²) >= 11 is 5.58. The van der Waals surface area contributed by atoms with E-state index < -0.39 is 0 Å². The second kappa shape index (κ2) is 12.1. The van der Waals surface area contributed by atoms with Crippen molar-refractivity contribution in [2.75, 3.05) is 20.6 Å². The average molecular weight is 323 g/mol. The van der Waals surface area contributed by atoms with E-state index in [-0.39, 0.29) is 7.43 Å². The monoisotopic (exact) mass is 322 g/mol. The molecule has 0 spiro atoms. The van der Waals surface area contributed by atoms with Crippen molar-refractivity contribution in [3.05, 3.63) is 58.6 Å². The molecule has 0 fully saturated rings. The van der Waals surface area contributed by atoms with Crippen molar-refractivity contribution in [1.82, 2.24) is 20.6 Å². The molecule has 0 aliphatic heterocycles. The average Bonchev–Trinajstić information content (AvgIpc) is 2.50. The molecule has 0 atom stereocenters. The van der Waals surface area contributed by atoms with E-state index in [9.17, 15) is 0 Å². The van der Waals surface area contributed by atoms with E-state index in [2.05, 4.69) is 26.7 Å². The number of hydrogen-bond donors (Lipinski definition) is 2. The van der Waals surface area contributed by atoms with E-state index in [0.29, 0.717) is 5.15 Å². The molecule has 0 saturated heterocycles. The van der Waals surface area contributed by atoms with Crippen LogP contribution in [0.4, 0.5) is 0 Å². The summed E-state index contributed by atoms with van der Waals surface area (Å²) in [6.07, 6.45) is 4.76. The zero-order valence-electron chi connectivity index (χ0n) is 12.9. The summed E-state index contributed by atoms with van der Waals surface area (Å²) in [6, 6.07) is 7.91. The Morgan fingerprint density at radius 3 is 2.14 bits per heavy atom. The van der Waals surface area contributed by atoms with Gasteiger partial charge < -0.3 is 10.6 Å². The summed E-state index contributed by atoms with van der Waals surface area (Å²) in [7, 11) is 3.86. The molecule has 2 N–H and O–H groups in total. The number of aromatic nitrogens is 2. The van der Waals surface area contributed by atoms with Gasteiger partial charge in [-0.1, -0.05) is 31.2 Å². The lowest BCUT2D eigenvalue weighted by atomic mass is 10.2. The maximum atomic E-state index is 5.58. The Hall–Kier alpha value is -1.49. The smallest absolute Gasteiger partial charge is 0.129 e. The zero-order chi connectivity index (χ0) is 15.5. The van der Waals surface area contributed by atoms with Crippen molar-refractivity contribution in [3.63, 3.8) is 0 Å². The third kappa shape index (κ3) is 8.72. The molecule has 0 aliphatic carbocycles. The summed E-state index contributed by atoms with van der Waals surface area (Å²) in [4.78, 5) is 8.13. The van der Waals surface area contributed by atoms with Crippen molar-refractivity contribution in [2.24, 2.45) is 0 Å². The first kappa shape index (κ1) is 20.5. The molecule has 0 aliphatic rings. The predicted octanol–water partition coefficient (Wildman–Crippen LogP) is 3.24. The number of nitrogens with zero attached hydrogens (tertiary/aromatic N) is 2. The fraction of sp³-hybridized carbons (Fsp3) is 0.412. The van der Waals surface area contributed by atoms with Gasteiger partial charge in [-0.3, -0.25) is 4.98 Å². The van der Waals surface area contributed by atoms with E-state index >= 15 is 0 Å². The van der Waals surface area contributed by atoms with Gasteiger partial charge in [-0.05, 0) is 57.2 Å². The fourth-order valence-electron chi connectivity index (χ4n) is 1.63. The number of aryl methyl sites for hydroxylation is 1. The summed E-state index contributed by atoms with van der Waals surface area (Å²) in [6.45, 7) is 3.86. The Labute approximate surface area is 139 Å². The van der Waals surface area contributed by atoms with Gasteiger partial charge in [0.15, 0.2) is 0 Å². The molecule has 0 amide bonds. The van der Waals surface area contributed by atoms with Gasteiger partial charge in [-0.15, -0.1) is 0 Å². The Balaban J connectivity index is 0.000000385. The lowest BCUT2D eigenvalue weighted by Crippen LogP contribution is -2.10. The summed E-state index contributed by atoms with van der Waals surface area (Å²) in [5, 5.41) is 6.66. The second-order valence-electron chi connectivity index (χ2n) is 4.68. The number of rotatable bonds is 5. The maximum absolute atomic E-state index is 5.58. The molecule has 5 heteroatoms. The van der Waals surface area contributed by atoms with Crippen LogP contribution in [0.1, 0.15) is 24.2 Å². The van der Waals surface area contributed by atoms with Crippen LogP contribution in [-0.4, -0.2) is 30.6 Å². The van der Waals surface area contributed by atoms with Gasteiger partial charge in [-0.25, -0.2) is 4.98 Å². The minimum absolute atomic E-state index is 0. The van der Waals surface area contributed by atoms with E-state index in [4.69, 9.17) is 11.6 Å². The molecule has 22 heavy (non-hydrogen) atoms. The molecule has 2 heterocycles. The van der Waals surface area contributed by atoms with Gasteiger partial charge in [0.2, 0.25) is 0 Å². The Bertz CT molecular complexity index is 497. The summed E-state index contributed by atoms with van der Waals surface area (Å²) in [5.74, 6) is 0. The molecule has 0 saturated carbocycles. The van der Waals surface area contributed by atoms with Crippen molar-refractivity contribution in [2.45, 2.75) is 27.3 Å². The first-order valence-electron chi connectivity index (χ1n) is 6.97. The highest BCUT2D eigenvalue weighted by atomic mass is 35.5. The molecule has 4 nitrogen and oxygen atoms in total. The predicted molar refractivity (Wildman–Crippen MR) is 95.3 cm³/mol. The quantitative estimate of drug-likeness (QED) is 0.830. The number of pyridine rings is 2. The topological polar surface area (TPSA) is 49.8 Å². The first-order valence-corrected chi connectivity index (χ1v) is 7.34. The molecule has 0 bridgehead atoms. The van der Waals surface area contributed by atoms with E-state index in [0.717, 1.165) is 30.8 Å². The Morgan fingerprint density at radius 2 is 1.64 bits per heavy atom.